The van der Waals surface area contributed by atoms with E-state index in [-0.39, 0.29) is 10.8 Å². The summed E-state index contributed by atoms with van der Waals surface area (Å²) < 4.78 is 15.1. The summed E-state index contributed by atoms with van der Waals surface area (Å²) in [6.07, 6.45) is 0. The van der Waals surface area contributed by atoms with Crippen molar-refractivity contribution in [3.05, 3.63) is 21.6 Å². The molecule has 1 aromatic rings. The fourth-order valence-electron chi connectivity index (χ4n) is 0.493. The molecule has 12 heavy (non-hydrogen) atoms. The van der Waals surface area contributed by atoms with E-state index < -0.39 is 17.4 Å². The maximum Gasteiger partial charge on any atom is 0.284 e. The minimum absolute atomic E-state index is 0.109. The minimum atomic E-state index is -0.577. The van der Waals surface area contributed by atoms with Gasteiger partial charge in [0.05, 0.1) is 16.4 Å². The van der Waals surface area contributed by atoms with Gasteiger partial charge in [-0.2, -0.15) is 0 Å². The lowest BCUT2D eigenvalue weighted by Crippen LogP contribution is -1.85. The van der Waals surface area contributed by atoms with Crippen molar-refractivity contribution in [3.63, 3.8) is 0 Å². The molecule has 0 amide bonds. The van der Waals surface area contributed by atoms with Crippen LogP contribution in [0.15, 0.2) is 11.4 Å². The first-order chi connectivity index (χ1) is 5.74. The Kier molecular flexibility index (Phi) is 3.26. The van der Waals surface area contributed by atoms with Crippen LogP contribution in [0.2, 0.25) is 0 Å². The van der Waals surface area contributed by atoms with Crippen LogP contribution < -0.4 is 4.89 Å². The summed E-state index contributed by atoms with van der Waals surface area (Å²) in [4.78, 5) is 13.8. The lowest BCUT2D eigenvalue weighted by atomic mass is 10.5. The molecule has 1 rings (SSSR count). The van der Waals surface area contributed by atoms with E-state index in [1.165, 1.54) is 5.38 Å². The summed E-state index contributed by atoms with van der Waals surface area (Å²) >= 11 is 0.478. The molecule has 0 spiro atoms. The van der Waals surface area contributed by atoms with Gasteiger partial charge in [-0.15, -0.1) is 3.89 Å². The zero-order chi connectivity index (χ0) is 8.97. The van der Waals surface area contributed by atoms with E-state index >= 15 is 0 Å². The molecule has 0 saturated heterocycles. The fraction of sp³-hybridized carbons (Fsp3) is 0. The second-order valence-electron chi connectivity index (χ2n) is 1.60. The van der Waals surface area contributed by atoms with Crippen molar-refractivity contribution in [1.29, 1.82) is 0 Å². The SMILES string of the molecule is O=[N+]([O-])c1csc(OOSF)c1. The molecule has 0 bridgehead atoms. The Morgan fingerprint density at radius 1 is 1.75 bits per heavy atom. The van der Waals surface area contributed by atoms with E-state index in [4.69, 9.17) is 0 Å². The molecule has 0 aliphatic heterocycles. The van der Waals surface area contributed by atoms with E-state index in [9.17, 15) is 14.0 Å². The summed E-state index contributed by atoms with van der Waals surface area (Å²) in [5.74, 6) is 0. The van der Waals surface area contributed by atoms with Crippen molar-refractivity contribution in [3.8, 4) is 5.06 Å². The van der Waals surface area contributed by atoms with Gasteiger partial charge in [-0.05, 0) is 0 Å². The molecule has 0 atom stereocenters. The Morgan fingerprint density at radius 3 is 3.00 bits per heavy atom. The summed E-state index contributed by atoms with van der Waals surface area (Å²) in [5, 5.41) is 11.5. The van der Waals surface area contributed by atoms with Crippen molar-refractivity contribution in [2.24, 2.45) is 0 Å². The zero-order valence-electron chi connectivity index (χ0n) is 5.43. The predicted molar refractivity (Wildman–Crippen MR) is 41.4 cm³/mol. The van der Waals surface area contributed by atoms with E-state index in [0.29, 0.717) is 0 Å². The first-order valence-electron chi connectivity index (χ1n) is 2.59. The van der Waals surface area contributed by atoms with Crippen LogP contribution in [0.3, 0.4) is 0 Å². The molecule has 5 nitrogen and oxygen atoms in total. The highest BCUT2D eigenvalue weighted by Gasteiger charge is 2.10. The standard InChI is InChI=1S/C4H2FNO4S2/c5-12-10-9-4-1-3(2-11-4)6(7)8/h1-2H. The van der Waals surface area contributed by atoms with Crippen LogP contribution in [-0.2, 0) is 4.33 Å². The predicted octanol–water partition coefficient (Wildman–Crippen LogP) is 2.50. The molecule has 1 heterocycles. The van der Waals surface area contributed by atoms with E-state index in [0.717, 1.165) is 17.4 Å². The van der Waals surface area contributed by atoms with Gasteiger partial charge in [-0.1, -0.05) is 15.7 Å². The highest BCUT2D eigenvalue weighted by molar-refractivity contribution is 7.89. The number of halogens is 1. The van der Waals surface area contributed by atoms with Gasteiger partial charge in [0.25, 0.3) is 18.1 Å². The lowest BCUT2D eigenvalue weighted by molar-refractivity contribution is -0.384. The van der Waals surface area contributed by atoms with Gasteiger partial charge >= 0.3 is 0 Å². The molecule has 8 heteroatoms. The Balaban J connectivity index is 2.58. The highest BCUT2D eigenvalue weighted by atomic mass is 32.2. The molecule has 0 aliphatic rings. The van der Waals surface area contributed by atoms with Crippen LogP contribution in [0.1, 0.15) is 0 Å². The first kappa shape index (κ1) is 9.23. The first-order valence-corrected chi connectivity index (χ1v) is 4.11. The van der Waals surface area contributed by atoms with Crippen molar-refractivity contribution in [2.75, 3.05) is 0 Å². The Hall–Kier alpha value is -0.860. The third-order valence-electron chi connectivity index (χ3n) is 0.914. The molecule has 0 unspecified atom stereocenters. The molecule has 0 aromatic carbocycles. The third kappa shape index (κ3) is 2.32. The van der Waals surface area contributed by atoms with E-state index in [1.54, 1.807) is 0 Å². The molecule has 0 aliphatic carbocycles. The summed E-state index contributed by atoms with van der Waals surface area (Å²) in [6, 6.07) is 1.14. The molecule has 0 N–H and O–H groups in total. The number of thiophene rings is 1. The minimum Gasteiger partial charge on any atom is -0.311 e. The molecule has 1 aromatic heterocycles. The maximum atomic E-state index is 11.3. The Bertz CT molecular complexity index is 278. The van der Waals surface area contributed by atoms with Gasteiger partial charge in [0.15, 0.2) is 0 Å². The van der Waals surface area contributed by atoms with Gasteiger partial charge in [0, 0.05) is 0 Å². The van der Waals surface area contributed by atoms with Gasteiger partial charge in [0.1, 0.15) is 0 Å². The van der Waals surface area contributed by atoms with E-state index in [2.05, 4.69) is 9.22 Å². The van der Waals surface area contributed by atoms with Crippen molar-refractivity contribution >= 4 is 29.5 Å². The lowest BCUT2D eigenvalue weighted by Gasteiger charge is -1.91. The number of hydrogen-bond acceptors (Lipinski definition) is 6. The maximum absolute atomic E-state index is 11.3. The monoisotopic (exact) mass is 211 g/mol. The average Bonchev–Trinajstić information content (AvgIpc) is 2.48. The van der Waals surface area contributed by atoms with Crippen molar-refractivity contribution in [1.82, 2.24) is 0 Å². The highest BCUT2D eigenvalue weighted by Crippen LogP contribution is 2.29. The zero-order valence-corrected chi connectivity index (χ0v) is 7.06. The number of rotatable bonds is 4. The normalized spacial score (nSPS) is 9.75. The van der Waals surface area contributed by atoms with Crippen LogP contribution >= 0.6 is 23.8 Å². The quantitative estimate of drug-likeness (QED) is 0.331. The van der Waals surface area contributed by atoms with E-state index in [1.807, 2.05) is 0 Å². The van der Waals surface area contributed by atoms with Gasteiger partial charge in [-0.25, -0.2) is 0 Å². The second-order valence-corrected chi connectivity index (χ2v) is 2.73. The molecule has 66 valence electrons. The number of nitrogens with zero attached hydrogens (tertiary/aromatic N) is 1. The smallest absolute Gasteiger partial charge is 0.284 e. The number of hydrogen-bond donors (Lipinski definition) is 0. The van der Waals surface area contributed by atoms with Gasteiger partial charge in [0.2, 0.25) is 5.06 Å². The molecular weight excluding hydrogens is 209 g/mol. The molecule has 0 saturated carbocycles. The van der Waals surface area contributed by atoms with Crippen molar-refractivity contribution in [2.45, 2.75) is 0 Å². The third-order valence-corrected chi connectivity index (χ3v) is 1.81. The largest absolute Gasteiger partial charge is 0.311 e. The molecular formula is C4H2FNO4S2. The van der Waals surface area contributed by atoms with Crippen molar-refractivity contribution < 1.29 is 18.0 Å². The summed E-state index contributed by atoms with van der Waals surface area (Å²) in [6.45, 7) is 0. The summed E-state index contributed by atoms with van der Waals surface area (Å²) in [5.41, 5.74) is -0.109. The van der Waals surface area contributed by atoms with Crippen LogP contribution in [0.25, 0.3) is 0 Å². The molecule has 0 radical (unpaired) electrons. The van der Waals surface area contributed by atoms with Gasteiger partial charge in [-0.3, -0.25) is 10.1 Å². The number of nitro groups is 1. The fourth-order valence-corrected chi connectivity index (χ4v) is 1.29. The van der Waals surface area contributed by atoms with Crippen LogP contribution in [0.5, 0.6) is 5.06 Å². The average molecular weight is 211 g/mol. The van der Waals surface area contributed by atoms with Crippen LogP contribution in [0, 0.1) is 10.1 Å². The topological polar surface area (TPSA) is 61.6 Å². The molecule has 0 fully saturated rings. The van der Waals surface area contributed by atoms with Gasteiger partial charge < -0.3 is 4.89 Å². The second kappa shape index (κ2) is 4.24. The van der Waals surface area contributed by atoms with Crippen LogP contribution in [0.4, 0.5) is 9.57 Å². The summed E-state index contributed by atoms with van der Waals surface area (Å²) in [7, 11) is 0. The Labute approximate surface area is 74.7 Å². The Morgan fingerprint density at radius 2 is 2.50 bits per heavy atom. The van der Waals surface area contributed by atoms with Crippen LogP contribution in [-0.4, -0.2) is 4.92 Å².